The molecule has 0 fully saturated rings. The van der Waals surface area contributed by atoms with Crippen LogP contribution in [-0.2, 0) is 20.8 Å². The lowest BCUT2D eigenvalue weighted by Crippen LogP contribution is -2.66. The van der Waals surface area contributed by atoms with Crippen molar-refractivity contribution in [3.63, 3.8) is 0 Å². The number of hydrogen-bond acceptors (Lipinski definition) is 9. The van der Waals surface area contributed by atoms with Gasteiger partial charge in [-0.3, -0.25) is 4.79 Å². The lowest BCUT2D eigenvalue weighted by Gasteiger charge is -2.46. The van der Waals surface area contributed by atoms with E-state index >= 15 is 0 Å². The van der Waals surface area contributed by atoms with Crippen molar-refractivity contribution in [2.75, 3.05) is 34.5 Å². The number of methoxy groups -OCH3 is 3. The maximum atomic E-state index is 14.7. The number of amides is 2. The van der Waals surface area contributed by atoms with Gasteiger partial charge in [-0.1, -0.05) is 57.5 Å². The molecule has 0 unspecified atom stereocenters. The van der Waals surface area contributed by atoms with Gasteiger partial charge in [0.05, 0.1) is 33.0 Å². The number of carbonyl (C=O) groups excluding carboxylic acids is 3. The molecule has 0 spiro atoms. The summed E-state index contributed by atoms with van der Waals surface area (Å²) in [4.78, 5) is 42.1. The highest BCUT2D eigenvalue weighted by atomic mass is 35.5. The number of ketones is 1. The molecule has 2 bridgehead atoms. The normalized spacial score (nSPS) is 18.9. The molecule has 0 N–H and O–H groups in total. The zero-order valence-corrected chi connectivity index (χ0v) is 26.1. The highest BCUT2D eigenvalue weighted by Gasteiger charge is 2.60. The highest BCUT2D eigenvalue weighted by Crippen LogP contribution is 2.52. The summed E-state index contributed by atoms with van der Waals surface area (Å²) in [7, 11) is 4.13. The van der Waals surface area contributed by atoms with Gasteiger partial charge in [-0.15, -0.1) is 0 Å². The summed E-state index contributed by atoms with van der Waals surface area (Å²) in [6.07, 6.45) is 1.20. The van der Waals surface area contributed by atoms with Crippen molar-refractivity contribution >= 4 is 29.6 Å². The Morgan fingerprint density at radius 3 is 2.12 bits per heavy atom. The van der Waals surface area contributed by atoms with Crippen LogP contribution in [0.4, 0.5) is 9.59 Å². The summed E-state index contributed by atoms with van der Waals surface area (Å²) in [5, 5.41) is 2.49. The molecule has 0 aromatic heterocycles. The number of ether oxygens (including phenoxy) is 6. The van der Waals surface area contributed by atoms with Gasteiger partial charge in [0.1, 0.15) is 12.6 Å². The van der Waals surface area contributed by atoms with Gasteiger partial charge in [0, 0.05) is 12.1 Å². The molecule has 0 radical (unpaired) electrons. The number of rotatable bonds is 10. The number of hydrogen-bond donors (Lipinski definition) is 0. The van der Waals surface area contributed by atoms with Crippen molar-refractivity contribution in [3.05, 3.63) is 64.2 Å². The number of hydrazine groups is 1. The van der Waals surface area contributed by atoms with Crippen molar-refractivity contribution in [1.29, 1.82) is 0 Å². The number of fused-ring (bicyclic) bond motifs is 1. The first-order valence-corrected chi connectivity index (χ1v) is 14.2. The van der Waals surface area contributed by atoms with Crippen LogP contribution in [0.2, 0.25) is 5.02 Å². The van der Waals surface area contributed by atoms with Gasteiger partial charge in [-0.25, -0.2) is 9.59 Å². The third kappa shape index (κ3) is 6.09. The van der Waals surface area contributed by atoms with E-state index in [0.717, 1.165) is 15.6 Å². The van der Waals surface area contributed by atoms with Crippen LogP contribution in [0, 0.1) is 11.8 Å². The first kappa shape index (κ1) is 32.0. The second-order valence-electron chi connectivity index (χ2n) is 11.0. The molecule has 2 aromatic rings. The van der Waals surface area contributed by atoms with Crippen LogP contribution in [0.3, 0.4) is 0 Å². The molecule has 3 aliphatic rings. The molecule has 232 valence electrons. The summed E-state index contributed by atoms with van der Waals surface area (Å²) < 4.78 is 34.5. The first-order chi connectivity index (χ1) is 20.5. The summed E-state index contributed by atoms with van der Waals surface area (Å²) in [6.45, 7) is 7.65. The molecule has 5 rings (SSSR count). The zero-order chi connectivity index (χ0) is 31.5. The van der Waals surface area contributed by atoms with Gasteiger partial charge in [-0.05, 0) is 47.2 Å². The average Bonchev–Trinajstić information content (AvgIpc) is 3.16. The van der Waals surface area contributed by atoms with Gasteiger partial charge >= 0.3 is 12.2 Å². The first-order valence-electron chi connectivity index (χ1n) is 13.9. The largest absolute Gasteiger partial charge is 0.493 e. The van der Waals surface area contributed by atoms with E-state index in [2.05, 4.69) is 0 Å². The van der Waals surface area contributed by atoms with Crippen molar-refractivity contribution in [2.45, 2.75) is 46.1 Å². The van der Waals surface area contributed by atoms with E-state index < -0.39 is 29.7 Å². The smallest absolute Gasteiger partial charge is 0.432 e. The van der Waals surface area contributed by atoms with Gasteiger partial charge in [0.25, 0.3) is 0 Å². The predicted molar refractivity (Wildman–Crippen MR) is 157 cm³/mol. The Hall–Kier alpha value is -3.96. The summed E-state index contributed by atoms with van der Waals surface area (Å²) >= 11 is 6.05. The van der Waals surface area contributed by atoms with E-state index in [-0.39, 0.29) is 54.5 Å². The standard InChI is InChI=1S/C31H37ClN2O9/c1-18(2)15-42-29(36)33-23-12-13-31(40-7,34(33)30(37)43-16-19(3)4)28(35)25-22(23)14-24(38-5)26(39-6)27(25)41-17-20-8-10-21(32)11-9-20/h8-14,18-19,23H,15-17H2,1-7H3/t23-,31-/m1/s1. The molecule has 11 nitrogen and oxygen atoms in total. The average molecular weight is 617 g/mol. The van der Waals surface area contributed by atoms with Crippen LogP contribution in [0.15, 0.2) is 42.5 Å². The van der Waals surface area contributed by atoms with E-state index in [1.54, 1.807) is 36.4 Å². The van der Waals surface area contributed by atoms with Gasteiger partial charge < -0.3 is 28.4 Å². The molecular formula is C31H37ClN2O9. The summed E-state index contributed by atoms with van der Waals surface area (Å²) in [6, 6.07) is 7.59. The minimum Gasteiger partial charge on any atom is -0.493 e. The Morgan fingerprint density at radius 2 is 1.56 bits per heavy atom. The third-order valence-electron chi connectivity index (χ3n) is 6.87. The fourth-order valence-electron chi connectivity index (χ4n) is 4.84. The molecule has 2 aliphatic heterocycles. The monoisotopic (exact) mass is 616 g/mol. The van der Waals surface area contributed by atoms with Crippen molar-refractivity contribution in [1.82, 2.24) is 10.0 Å². The maximum absolute atomic E-state index is 14.7. The van der Waals surface area contributed by atoms with Gasteiger partial charge in [-0.2, -0.15) is 10.0 Å². The highest BCUT2D eigenvalue weighted by molar-refractivity contribution is 6.30. The zero-order valence-electron chi connectivity index (χ0n) is 25.3. The van der Waals surface area contributed by atoms with Crippen molar-refractivity contribution in [2.24, 2.45) is 11.8 Å². The number of Topliss-reactive ketones (excluding diaryl/α,β-unsaturated/α-hetero) is 1. The lowest BCUT2D eigenvalue weighted by atomic mass is 9.95. The molecule has 2 amide bonds. The van der Waals surface area contributed by atoms with E-state index in [9.17, 15) is 14.4 Å². The summed E-state index contributed by atoms with van der Waals surface area (Å²) in [5.74, 6) is -0.240. The molecule has 12 heteroatoms. The third-order valence-corrected chi connectivity index (χ3v) is 7.13. The lowest BCUT2D eigenvalue weighted by molar-refractivity contribution is -0.160. The minimum absolute atomic E-state index is 0.00697. The fourth-order valence-corrected chi connectivity index (χ4v) is 4.96. The van der Waals surface area contributed by atoms with Crippen molar-refractivity contribution in [3.8, 4) is 17.2 Å². The van der Waals surface area contributed by atoms with E-state index in [1.807, 2.05) is 27.7 Å². The maximum Gasteiger partial charge on any atom is 0.432 e. The SMILES string of the molecule is COc1cc2c(c(OCc3ccc(Cl)cc3)c1OC)C(=O)[C@]1(OC)C=C[C@H]2N(C(=O)OCC(C)C)N1C(=O)OCC(C)C. The van der Waals surface area contributed by atoms with E-state index in [1.165, 1.54) is 27.4 Å². The Balaban J connectivity index is 1.94. The fraction of sp³-hybridized carbons (Fsp3) is 0.452. The molecule has 1 aliphatic carbocycles. The second kappa shape index (κ2) is 13.1. The van der Waals surface area contributed by atoms with Crippen LogP contribution >= 0.6 is 11.6 Å². The van der Waals surface area contributed by atoms with Crippen LogP contribution in [0.1, 0.15) is 55.2 Å². The number of benzene rings is 2. The Bertz CT molecular complexity index is 1390. The number of halogens is 1. The number of nitrogens with zero attached hydrogens (tertiary/aromatic N) is 2. The van der Waals surface area contributed by atoms with Crippen LogP contribution in [-0.4, -0.2) is 68.3 Å². The Labute approximate surface area is 256 Å². The molecule has 2 atom stereocenters. The van der Waals surface area contributed by atoms with E-state index in [0.29, 0.717) is 10.6 Å². The molecule has 2 heterocycles. The molecule has 2 aromatic carbocycles. The topological polar surface area (TPSA) is 113 Å². The van der Waals surface area contributed by atoms with Crippen LogP contribution in [0.25, 0.3) is 0 Å². The minimum atomic E-state index is -2.12. The quantitative estimate of drug-likeness (QED) is 0.288. The predicted octanol–water partition coefficient (Wildman–Crippen LogP) is 6.19. The Kier molecular flexibility index (Phi) is 9.76. The number of carbonyl (C=O) groups is 3. The summed E-state index contributed by atoms with van der Waals surface area (Å²) in [5.41, 5.74) is -0.997. The van der Waals surface area contributed by atoms with Gasteiger partial charge in [0.15, 0.2) is 11.5 Å². The van der Waals surface area contributed by atoms with Gasteiger partial charge in [0.2, 0.25) is 17.3 Å². The van der Waals surface area contributed by atoms with Crippen LogP contribution < -0.4 is 14.2 Å². The molecular weight excluding hydrogens is 580 g/mol. The second-order valence-corrected chi connectivity index (χ2v) is 11.4. The van der Waals surface area contributed by atoms with E-state index in [4.69, 9.17) is 40.0 Å². The molecule has 0 saturated carbocycles. The molecule has 0 saturated heterocycles. The molecule has 43 heavy (non-hydrogen) atoms. The van der Waals surface area contributed by atoms with Crippen LogP contribution in [0.5, 0.6) is 17.2 Å². The van der Waals surface area contributed by atoms with Crippen molar-refractivity contribution < 1.29 is 42.8 Å². The Morgan fingerprint density at radius 1 is 0.930 bits per heavy atom.